The van der Waals surface area contributed by atoms with E-state index in [2.05, 4.69) is 19.2 Å². The lowest BCUT2D eigenvalue weighted by atomic mass is 9.84. The van der Waals surface area contributed by atoms with E-state index < -0.39 is 4.92 Å². The van der Waals surface area contributed by atoms with Crippen LogP contribution < -0.4 is 11.1 Å². The minimum atomic E-state index is -0.535. The third-order valence-electron chi connectivity index (χ3n) is 3.29. The number of benzene rings is 1. The van der Waals surface area contributed by atoms with E-state index in [1.54, 1.807) is 0 Å². The maximum Gasteiger partial charge on any atom is 0.271 e. The van der Waals surface area contributed by atoms with Crippen LogP contribution in [0, 0.1) is 15.5 Å². The van der Waals surface area contributed by atoms with Crippen LogP contribution in [0.5, 0.6) is 0 Å². The zero-order valence-corrected chi connectivity index (χ0v) is 12.9. The second kappa shape index (κ2) is 7.38. The molecule has 1 amide bonds. The molecule has 0 spiro atoms. The SMILES string of the molecule is CC(C)(CCN)CCC(=O)Nc1ccc([N+](=O)[O-])cc1Cl. The number of carbonyl (C=O) groups excluding carboxylic acids is 1. The van der Waals surface area contributed by atoms with Crippen molar-refractivity contribution in [2.24, 2.45) is 11.1 Å². The molecule has 1 aromatic carbocycles. The standard InChI is InChI=1S/C14H20ClN3O3/c1-14(2,7-8-16)6-5-13(19)17-12-4-3-10(18(20)21)9-11(12)15/h3-4,9H,5-8,16H2,1-2H3,(H,17,19). The molecular formula is C14H20ClN3O3. The number of amides is 1. The molecule has 1 aromatic rings. The quantitative estimate of drug-likeness (QED) is 0.595. The van der Waals surface area contributed by atoms with Crippen LogP contribution in [0.3, 0.4) is 0 Å². The van der Waals surface area contributed by atoms with E-state index in [1.165, 1.54) is 18.2 Å². The Morgan fingerprint density at radius 3 is 2.62 bits per heavy atom. The second-order valence-electron chi connectivity index (χ2n) is 5.67. The van der Waals surface area contributed by atoms with Crippen molar-refractivity contribution in [3.63, 3.8) is 0 Å². The fraction of sp³-hybridized carbons (Fsp3) is 0.500. The Morgan fingerprint density at radius 2 is 2.10 bits per heavy atom. The van der Waals surface area contributed by atoms with Gasteiger partial charge in [-0.15, -0.1) is 0 Å². The molecule has 0 atom stereocenters. The van der Waals surface area contributed by atoms with Gasteiger partial charge in [0.05, 0.1) is 15.6 Å². The third kappa shape index (κ3) is 5.69. The molecule has 21 heavy (non-hydrogen) atoms. The van der Waals surface area contributed by atoms with Gasteiger partial charge < -0.3 is 11.1 Å². The highest BCUT2D eigenvalue weighted by Gasteiger charge is 2.19. The molecule has 0 unspecified atom stereocenters. The number of nitrogens with zero attached hydrogens (tertiary/aromatic N) is 1. The maximum absolute atomic E-state index is 11.9. The van der Waals surface area contributed by atoms with E-state index in [9.17, 15) is 14.9 Å². The smallest absolute Gasteiger partial charge is 0.271 e. The summed E-state index contributed by atoms with van der Waals surface area (Å²) in [5.41, 5.74) is 5.80. The monoisotopic (exact) mass is 313 g/mol. The van der Waals surface area contributed by atoms with Gasteiger partial charge in [-0.25, -0.2) is 0 Å². The molecule has 0 heterocycles. The number of nitro groups is 1. The van der Waals surface area contributed by atoms with Gasteiger partial charge in [0.15, 0.2) is 0 Å². The summed E-state index contributed by atoms with van der Waals surface area (Å²) < 4.78 is 0. The number of hydrogen-bond acceptors (Lipinski definition) is 4. The lowest BCUT2D eigenvalue weighted by Gasteiger charge is -2.23. The van der Waals surface area contributed by atoms with E-state index in [0.29, 0.717) is 25.1 Å². The zero-order valence-electron chi connectivity index (χ0n) is 12.2. The van der Waals surface area contributed by atoms with Gasteiger partial charge in [0, 0.05) is 18.6 Å². The van der Waals surface area contributed by atoms with Gasteiger partial charge in [-0.05, 0) is 30.9 Å². The normalized spacial score (nSPS) is 11.2. The number of halogens is 1. The number of non-ortho nitro benzene ring substituents is 1. The van der Waals surface area contributed by atoms with Gasteiger partial charge >= 0.3 is 0 Å². The predicted octanol–water partition coefficient (Wildman–Crippen LogP) is 3.34. The number of rotatable bonds is 7. The first-order chi connectivity index (χ1) is 9.75. The molecule has 0 aromatic heterocycles. The number of nitro benzene ring substituents is 1. The molecule has 0 bridgehead atoms. The molecule has 0 radical (unpaired) electrons. The lowest BCUT2D eigenvalue weighted by molar-refractivity contribution is -0.384. The van der Waals surface area contributed by atoms with Gasteiger partial charge in [-0.2, -0.15) is 0 Å². The molecule has 0 saturated heterocycles. The van der Waals surface area contributed by atoms with E-state index in [-0.39, 0.29) is 22.0 Å². The molecule has 1 rings (SSSR count). The Balaban J connectivity index is 2.61. The summed E-state index contributed by atoms with van der Waals surface area (Å²) in [6.07, 6.45) is 1.90. The predicted molar refractivity (Wildman–Crippen MR) is 83.4 cm³/mol. The molecule has 116 valence electrons. The number of anilines is 1. The molecule has 0 aliphatic rings. The zero-order chi connectivity index (χ0) is 16.0. The minimum absolute atomic E-state index is 0.00532. The Bertz CT molecular complexity index is 532. The first-order valence-electron chi connectivity index (χ1n) is 6.69. The Labute approximate surface area is 128 Å². The van der Waals surface area contributed by atoms with Crippen molar-refractivity contribution in [3.05, 3.63) is 33.3 Å². The molecule has 0 aliphatic heterocycles. The molecule has 3 N–H and O–H groups in total. The summed E-state index contributed by atoms with van der Waals surface area (Å²) >= 11 is 5.92. The molecule has 0 fully saturated rings. The number of carbonyl (C=O) groups is 1. The van der Waals surface area contributed by atoms with Gasteiger partial charge in [0.1, 0.15) is 0 Å². The Morgan fingerprint density at radius 1 is 1.43 bits per heavy atom. The first kappa shape index (κ1) is 17.4. The van der Waals surface area contributed by atoms with Crippen molar-refractivity contribution >= 4 is 28.9 Å². The van der Waals surface area contributed by atoms with Crippen molar-refractivity contribution in [1.29, 1.82) is 0 Å². The van der Waals surface area contributed by atoms with Crippen molar-refractivity contribution in [2.45, 2.75) is 33.1 Å². The molecule has 0 saturated carbocycles. The van der Waals surface area contributed by atoms with Crippen LogP contribution in [0.15, 0.2) is 18.2 Å². The molecule has 0 aliphatic carbocycles. The van der Waals surface area contributed by atoms with Crippen molar-refractivity contribution in [2.75, 3.05) is 11.9 Å². The summed E-state index contributed by atoms with van der Waals surface area (Å²) in [6, 6.07) is 3.96. The second-order valence-corrected chi connectivity index (χ2v) is 6.08. The Hall–Kier alpha value is -1.66. The first-order valence-corrected chi connectivity index (χ1v) is 7.07. The van der Waals surface area contributed by atoms with Crippen molar-refractivity contribution in [3.8, 4) is 0 Å². The van der Waals surface area contributed by atoms with Crippen LogP contribution in [-0.4, -0.2) is 17.4 Å². The molecular weight excluding hydrogens is 294 g/mol. The lowest BCUT2D eigenvalue weighted by Crippen LogP contribution is -2.20. The van der Waals surface area contributed by atoms with E-state index >= 15 is 0 Å². The highest BCUT2D eigenvalue weighted by Crippen LogP contribution is 2.28. The average molecular weight is 314 g/mol. The van der Waals surface area contributed by atoms with E-state index in [1.807, 2.05) is 0 Å². The number of nitrogens with one attached hydrogen (secondary N) is 1. The van der Waals surface area contributed by atoms with Crippen LogP contribution in [0.25, 0.3) is 0 Å². The van der Waals surface area contributed by atoms with Gasteiger partial charge in [0.25, 0.3) is 5.69 Å². The summed E-state index contributed by atoms with van der Waals surface area (Å²) in [5.74, 6) is -0.171. The van der Waals surface area contributed by atoms with E-state index in [4.69, 9.17) is 17.3 Å². The summed E-state index contributed by atoms with van der Waals surface area (Å²) in [7, 11) is 0. The molecule has 6 nitrogen and oxygen atoms in total. The van der Waals surface area contributed by atoms with E-state index in [0.717, 1.165) is 6.42 Å². The number of hydrogen-bond donors (Lipinski definition) is 2. The highest BCUT2D eigenvalue weighted by molar-refractivity contribution is 6.33. The molecule has 7 heteroatoms. The topological polar surface area (TPSA) is 98.3 Å². The minimum Gasteiger partial charge on any atom is -0.330 e. The van der Waals surface area contributed by atoms with Crippen LogP contribution in [-0.2, 0) is 4.79 Å². The largest absolute Gasteiger partial charge is 0.330 e. The van der Waals surface area contributed by atoms with Crippen LogP contribution in [0.2, 0.25) is 5.02 Å². The van der Waals surface area contributed by atoms with Gasteiger partial charge in [-0.1, -0.05) is 25.4 Å². The maximum atomic E-state index is 11.9. The fourth-order valence-electron chi connectivity index (χ4n) is 1.90. The van der Waals surface area contributed by atoms with Crippen LogP contribution >= 0.6 is 11.6 Å². The average Bonchev–Trinajstić information content (AvgIpc) is 2.38. The van der Waals surface area contributed by atoms with Crippen molar-refractivity contribution < 1.29 is 9.72 Å². The van der Waals surface area contributed by atoms with Gasteiger partial charge in [0.2, 0.25) is 5.91 Å². The summed E-state index contributed by atoms with van der Waals surface area (Å²) in [5, 5.41) is 13.4. The Kier molecular flexibility index (Phi) is 6.11. The fourth-order valence-corrected chi connectivity index (χ4v) is 2.12. The van der Waals surface area contributed by atoms with Gasteiger partial charge in [-0.3, -0.25) is 14.9 Å². The van der Waals surface area contributed by atoms with Crippen LogP contribution in [0.1, 0.15) is 33.1 Å². The summed E-state index contributed by atoms with van der Waals surface area (Å²) in [4.78, 5) is 22.0. The summed E-state index contributed by atoms with van der Waals surface area (Å²) in [6.45, 7) is 4.71. The number of nitrogens with two attached hydrogens (primary N) is 1. The highest BCUT2D eigenvalue weighted by atomic mass is 35.5. The van der Waals surface area contributed by atoms with Crippen LogP contribution in [0.4, 0.5) is 11.4 Å². The third-order valence-corrected chi connectivity index (χ3v) is 3.60. The van der Waals surface area contributed by atoms with Crippen molar-refractivity contribution in [1.82, 2.24) is 0 Å².